The van der Waals surface area contributed by atoms with Crippen LogP contribution in [0.5, 0.6) is 0 Å². The van der Waals surface area contributed by atoms with Gasteiger partial charge in [0.15, 0.2) is 0 Å². The zero-order valence-corrected chi connectivity index (χ0v) is 21.5. The number of anilines is 1. The monoisotopic (exact) mass is 529 g/mol. The molecule has 9 heteroatoms. The lowest BCUT2D eigenvalue weighted by atomic mass is 9.86. The van der Waals surface area contributed by atoms with E-state index >= 15 is 0 Å². The average Bonchev–Trinajstić information content (AvgIpc) is 2.80. The van der Waals surface area contributed by atoms with Gasteiger partial charge < -0.3 is 10.2 Å². The summed E-state index contributed by atoms with van der Waals surface area (Å²) in [5.41, 5.74) is 2.14. The summed E-state index contributed by atoms with van der Waals surface area (Å²) < 4.78 is 28.2. The van der Waals surface area contributed by atoms with Crippen molar-refractivity contribution in [3.63, 3.8) is 0 Å². The number of nitrogens with zero attached hydrogens (tertiary/aromatic N) is 1. The van der Waals surface area contributed by atoms with Crippen LogP contribution < -0.4 is 14.9 Å². The van der Waals surface area contributed by atoms with E-state index in [-0.39, 0.29) is 11.3 Å². The van der Waals surface area contributed by atoms with Gasteiger partial charge in [0, 0.05) is 33.8 Å². The minimum Gasteiger partial charge on any atom is -0.364 e. The van der Waals surface area contributed by atoms with Crippen molar-refractivity contribution in [2.75, 3.05) is 31.1 Å². The van der Waals surface area contributed by atoms with E-state index in [4.69, 9.17) is 34.8 Å². The highest BCUT2D eigenvalue weighted by molar-refractivity contribution is 7.90. The van der Waals surface area contributed by atoms with Crippen LogP contribution in [0.4, 0.5) is 5.69 Å². The summed E-state index contributed by atoms with van der Waals surface area (Å²) in [5.74, 6) is 0.374. The molecule has 0 unspecified atom stereocenters. The Morgan fingerprint density at radius 1 is 0.939 bits per heavy atom. The van der Waals surface area contributed by atoms with Crippen LogP contribution in [0.2, 0.25) is 15.1 Å². The van der Waals surface area contributed by atoms with Crippen molar-refractivity contribution in [3.8, 4) is 0 Å². The maximum atomic E-state index is 12.7. The van der Waals surface area contributed by atoms with Crippen LogP contribution in [0.25, 0.3) is 0 Å². The third-order valence-electron chi connectivity index (χ3n) is 6.74. The maximum absolute atomic E-state index is 12.7. The Labute approximate surface area is 211 Å². The van der Waals surface area contributed by atoms with E-state index in [0.717, 1.165) is 50.1 Å². The summed E-state index contributed by atoms with van der Waals surface area (Å²) in [6, 6.07) is 13.7. The first-order valence-electron chi connectivity index (χ1n) is 11.5. The number of hydrogen-bond donors (Lipinski definition) is 2. The van der Waals surface area contributed by atoms with Crippen molar-refractivity contribution in [3.05, 3.63) is 63.1 Å². The first-order chi connectivity index (χ1) is 15.8. The number of hydrogen-bond acceptors (Lipinski definition) is 4. The summed E-state index contributed by atoms with van der Waals surface area (Å²) >= 11 is 18.8. The molecule has 180 valence electrons. The molecule has 2 fully saturated rings. The second-order valence-corrected chi connectivity index (χ2v) is 12.3. The summed E-state index contributed by atoms with van der Waals surface area (Å²) in [6.07, 6.45) is 4.08. The first-order valence-corrected chi connectivity index (χ1v) is 14.2. The van der Waals surface area contributed by atoms with Gasteiger partial charge in [0.05, 0.1) is 11.3 Å². The van der Waals surface area contributed by atoms with Gasteiger partial charge in [-0.15, -0.1) is 0 Å². The van der Waals surface area contributed by atoms with Crippen molar-refractivity contribution in [1.29, 1.82) is 0 Å². The Bertz CT molecular complexity index is 1040. The summed E-state index contributed by atoms with van der Waals surface area (Å²) in [6.45, 7) is 2.82. The molecule has 5 nitrogen and oxygen atoms in total. The largest absolute Gasteiger partial charge is 0.364 e. The molecule has 0 aliphatic carbocycles. The summed E-state index contributed by atoms with van der Waals surface area (Å²) in [5, 5.41) is 4.92. The Hall–Kier alpha value is -1.02. The Morgan fingerprint density at radius 2 is 1.64 bits per heavy atom. The molecule has 2 aromatic carbocycles. The first kappa shape index (κ1) is 25.1. The molecule has 33 heavy (non-hydrogen) atoms. The van der Waals surface area contributed by atoms with E-state index < -0.39 is 10.0 Å². The van der Waals surface area contributed by atoms with Gasteiger partial charge in [-0.05, 0) is 93.1 Å². The third kappa shape index (κ3) is 6.36. The lowest BCUT2D eigenvalue weighted by Crippen LogP contribution is -2.43. The molecule has 0 radical (unpaired) electrons. The molecular weight excluding hydrogens is 501 g/mol. The minimum atomic E-state index is -3.27. The van der Waals surface area contributed by atoms with Crippen molar-refractivity contribution in [1.82, 2.24) is 10.0 Å². The molecule has 2 heterocycles. The van der Waals surface area contributed by atoms with Gasteiger partial charge in [0.25, 0.3) is 0 Å². The van der Waals surface area contributed by atoms with Gasteiger partial charge >= 0.3 is 0 Å². The molecule has 2 aromatic rings. The fraction of sp³-hybridized carbons (Fsp3) is 0.500. The summed E-state index contributed by atoms with van der Waals surface area (Å²) in [7, 11) is -3.27. The van der Waals surface area contributed by atoms with E-state index in [1.165, 1.54) is 0 Å². The molecule has 2 aliphatic rings. The molecule has 2 N–H and O–H groups in total. The van der Waals surface area contributed by atoms with Crippen LogP contribution in [0.1, 0.15) is 43.7 Å². The predicted octanol–water partition coefficient (Wildman–Crippen LogP) is 5.67. The second-order valence-electron chi connectivity index (χ2n) is 8.93. The predicted molar refractivity (Wildman–Crippen MR) is 138 cm³/mol. The Kier molecular flexibility index (Phi) is 8.47. The van der Waals surface area contributed by atoms with E-state index in [9.17, 15) is 8.42 Å². The van der Waals surface area contributed by atoms with Gasteiger partial charge in [0.1, 0.15) is 0 Å². The minimum absolute atomic E-state index is 0.124. The molecular formula is C24H30Cl3N3O2S. The van der Waals surface area contributed by atoms with Crippen molar-refractivity contribution < 1.29 is 8.42 Å². The number of nitrogens with one attached hydrogen (secondary N) is 2. The average molecular weight is 531 g/mol. The van der Waals surface area contributed by atoms with Gasteiger partial charge in [-0.2, -0.15) is 0 Å². The standard InChI is InChI=1S/C24H30Cl3N3O2S/c25-18-2-5-20(6-3-18)30-16-17(1-8-24(30)22-7-4-19(26)15-23(22)27)9-14-29-33(31,32)21-10-12-28-13-11-21/h2-7,15,17,21,24,28-29H,1,8-14,16H2/t17-,24-/m0/s1. The van der Waals surface area contributed by atoms with Crippen molar-refractivity contribution in [2.24, 2.45) is 5.92 Å². The van der Waals surface area contributed by atoms with Gasteiger partial charge in [0.2, 0.25) is 10.0 Å². The lowest BCUT2D eigenvalue weighted by molar-refractivity contribution is 0.343. The van der Waals surface area contributed by atoms with Crippen molar-refractivity contribution in [2.45, 2.75) is 43.4 Å². The van der Waals surface area contributed by atoms with Crippen LogP contribution in [-0.4, -0.2) is 39.8 Å². The highest BCUT2D eigenvalue weighted by Crippen LogP contribution is 2.41. The molecule has 2 aliphatic heterocycles. The highest BCUT2D eigenvalue weighted by Gasteiger charge is 2.32. The van der Waals surface area contributed by atoms with Crippen molar-refractivity contribution >= 4 is 50.5 Å². The molecule has 0 bridgehead atoms. The smallest absolute Gasteiger partial charge is 0.214 e. The number of piperidine rings is 2. The number of benzene rings is 2. The van der Waals surface area contributed by atoms with E-state index in [1.807, 2.05) is 36.4 Å². The lowest BCUT2D eigenvalue weighted by Gasteiger charge is -2.42. The van der Waals surface area contributed by atoms with Crippen LogP contribution in [0, 0.1) is 5.92 Å². The fourth-order valence-corrected chi connectivity index (χ4v) is 7.08. The van der Waals surface area contributed by atoms with Crippen LogP contribution in [0.15, 0.2) is 42.5 Å². The molecule has 2 atom stereocenters. The third-order valence-corrected chi connectivity index (χ3v) is 9.51. The van der Waals surface area contributed by atoms with E-state index in [1.54, 1.807) is 6.07 Å². The summed E-state index contributed by atoms with van der Waals surface area (Å²) in [4.78, 5) is 2.36. The quantitative estimate of drug-likeness (QED) is 0.484. The van der Waals surface area contributed by atoms with Crippen LogP contribution >= 0.6 is 34.8 Å². The zero-order chi connectivity index (χ0) is 23.4. The number of rotatable bonds is 7. The van der Waals surface area contributed by atoms with Crippen LogP contribution in [-0.2, 0) is 10.0 Å². The Balaban J connectivity index is 1.45. The molecule has 0 amide bonds. The fourth-order valence-electron chi connectivity index (χ4n) is 4.92. The number of sulfonamides is 1. The van der Waals surface area contributed by atoms with E-state index in [0.29, 0.717) is 40.4 Å². The number of halogens is 3. The topological polar surface area (TPSA) is 61.4 Å². The molecule has 0 spiro atoms. The van der Waals surface area contributed by atoms with Gasteiger partial charge in [-0.3, -0.25) is 0 Å². The SMILES string of the molecule is O=S(=O)(NCC[C@@H]1CC[C@@H](c2ccc(Cl)cc2Cl)N(c2ccc(Cl)cc2)C1)C1CCNCC1. The highest BCUT2D eigenvalue weighted by atomic mass is 35.5. The second kappa shape index (κ2) is 11.1. The maximum Gasteiger partial charge on any atom is 0.214 e. The van der Waals surface area contributed by atoms with E-state index in [2.05, 4.69) is 14.9 Å². The van der Waals surface area contributed by atoms with Gasteiger partial charge in [-0.1, -0.05) is 40.9 Å². The van der Waals surface area contributed by atoms with Crippen LogP contribution in [0.3, 0.4) is 0 Å². The molecule has 0 saturated carbocycles. The zero-order valence-electron chi connectivity index (χ0n) is 18.4. The molecule has 2 saturated heterocycles. The Morgan fingerprint density at radius 3 is 2.33 bits per heavy atom. The molecule has 0 aromatic heterocycles. The van der Waals surface area contributed by atoms with Gasteiger partial charge in [-0.25, -0.2) is 13.1 Å². The molecule has 4 rings (SSSR count). The normalized spacial score (nSPS) is 22.5.